The Morgan fingerprint density at radius 3 is 2.71 bits per heavy atom. The zero-order chi connectivity index (χ0) is 15.5. The first-order chi connectivity index (χ1) is 9.89. The molecule has 2 rings (SSSR count). The van der Waals surface area contributed by atoms with Gasteiger partial charge in [-0.25, -0.2) is 8.42 Å². The monoisotopic (exact) mass is 344 g/mol. The van der Waals surface area contributed by atoms with Crippen LogP contribution in [-0.4, -0.2) is 54.5 Å². The average Bonchev–Trinajstić information content (AvgIpc) is 2.44. The molecule has 21 heavy (non-hydrogen) atoms. The van der Waals surface area contributed by atoms with Crippen molar-refractivity contribution in [2.75, 3.05) is 30.9 Å². The fourth-order valence-electron chi connectivity index (χ4n) is 2.50. The minimum Gasteiger partial charge on any atom is -0.393 e. The van der Waals surface area contributed by atoms with Gasteiger partial charge in [-0.1, -0.05) is 42.5 Å². The van der Waals surface area contributed by atoms with E-state index in [1.165, 1.54) is 6.26 Å². The largest absolute Gasteiger partial charge is 0.393 e. The Bertz CT molecular complexity index is 589. The van der Waals surface area contributed by atoms with Crippen LogP contribution in [0.2, 0.25) is 0 Å². The van der Waals surface area contributed by atoms with Gasteiger partial charge in [-0.3, -0.25) is 4.90 Å². The molecular formula is C14H20N2O2S3. The van der Waals surface area contributed by atoms with E-state index in [0.29, 0.717) is 17.3 Å². The first-order valence-corrected chi connectivity index (χ1v) is 10.3. The zero-order valence-corrected chi connectivity index (χ0v) is 14.4. The molecular weight excluding hydrogens is 324 g/mol. The van der Waals surface area contributed by atoms with Gasteiger partial charge in [-0.15, -0.1) is 0 Å². The minimum atomic E-state index is -3.11. The predicted molar refractivity (Wildman–Crippen MR) is 93.5 cm³/mol. The van der Waals surface area contributed by atoms with Crippen molar-refractivity contribution in [1.82, 2.24) is 4.90 Å². The summed E-state index contributed by atoms with van der Waals surface area (Å²) < 4.78 is 23.9. The Hall–Kier alpha value is -0.630. The van der Waals surface area contributed by atoms with Gasteiger partial charge in [-0.2, -0.15) is 11.8 Å². The summed E-state index contributed by atoms with van der Waals surface area (Å²) in [6.45, 7) is 1.30. The molecule has 1 saturated heterocycles. The molecule has 1 aromatic carbocycles. The molecule has 7 heteroatoms. The number of sulfone groups is 1. The van der Waals surface area contributed by atoms with Gasteiger partial charge < -0.3 is 5.73 Å². The van der Waals surface area contributed by atoms with E-state index in [9.17, 15) is 8.42 Å². The van der Waals surface area contributed by atoms with Gasteiger partial charge in [0.05, 0.1) is 4.99 Å². The molecule has 0 radical (unpaired) electrons. The van der Waals surface area contributed by atoms with Crippen molar-refractivity contribution in [3.05, 3.63) is 35.9 Å². The second-order valence-electron chi connectivity index (χ2n) is 5.22. The van der Waals surface area contributed by atoms with Crippen LogP contribution in [0.15, 0.2) is 30.3 Å². The molecule has 0 aliphatic carbocycles. The van der Waals surface area contributed by atoms with Crippen LogP contribution in [0.5, 0.6) is 0 Å². The Morgan fingerprint density at radius 2 is 2.14 bits per heavy atom. The van der Waals surface area contributed by atoms with Crippen molar-refractivity contribution in [3.63, 3.8) is 0 Å². The molecule has 2 unspecified atom stereocenters. The highest BCUT2D eigenvalue weighted by atomic mass is 32.2. The lowest BCUT2D eigenvalue weighted by atomic mass is 9.98. The molecule has 1 aliphatic heterocycles. The van der Waals surface area contributed by atoms with Crippen molar-refractivity contribution in [1.29, 1.82) is 0 Å². The van der Waals surface area contributed by atoms with E-state index in [2.05, 4.69) is 0 Å². The molecule has 1 heterocycles. The third kappa shape index (κ3) is 4.42. The molecule has 0 saturated carbocycles. The van der Waals surface area contributed by atoms with Crippen LogP contribution in [0.1, 0.15) is 11.5 Å². The second-order valence-corrected chi connectivity index (χ2v) is 9.04. The summed E-state index contributed by atoms with van der Waals surface area (Å²) in [6, 6.07) is 9.80. The van der Waals surface area contributed by atoms with Gasteiger partial charge in [0.15, 0.2) is 9.84 Å². The fraction of sp³-hybridized carbons (Fsp3) is 0.500. The predicted octanol–water partition coefficient (Wildman–Crippen LogP) is 1.48. The maximum Gasteiger partial charge on any atom is 0.164 e. The first kappa shape index (κ1) is 16.7. The minimum absolute atomic E-state index is 0.117. The van der Waals surface area contributed by atoms with Crippen LogP contribution in [-0.2, 0) is 9.84 Å². The number of benzene rings is 1. The summed E-state index contributed by atoms with van der Waals surface area (Å²) in [7, 11) is -3.11. The number of nitrogens with zero attached hydrogens (tertiary/aromatic N) is 1. The summed E-state index contributed by atoms with van der Waals surface area (Å²) in [5, 5.41) is -0.447. The molecule has 0 aromatic heterocycles. The third-order valence-electron chi connectivity index (χ3n) is 3.65. The first-order valence-electron chi connectivity index (χ1n) is 6.74. The summed E-state index contributed by atoms with van der Waals surface area (Å²) in [5.74, 6) is 1.43. The van der Waals surface area contributed by atoms with Crippen LogP contribution < -0.4 is 5.73 Å². The van der Waals surface area contributed by atoms with Crippen molar-refractivity contribution < 1.29 is 8.42 Å². The second kappa shape index (κ2) is 7.09. The topological polar surface area (TPSA) is 63.4 Å². The van der Waals surface area contributed by atoms with E-state index < -0.39 is 15.2 Å². The molecule has 1 aromatic rings. The molecule has 1 aliphatic rings. The molecule has 2 N–H and O–H groups in total. The fourth-order valence-corrected chi connectivity index (χ4v) is 5.66. The molecule has 0 spiro atoms. The highest BCUT2D eigenvalue weighted by Gasteiger charge is 2.33. The number of thioether (sulfide) groups is 1. The Kier molecular flexibility index (Phi) is 5.65. The van der Waals surface area contributed by atoms with E-state index in [0.717, 1.165) is 17.9 Å². The lowest BCUT2D eigenvalue weighted by Gasteiger charge is -2.36. The smallest absolute Gasteiger partial charge is 0.164 e. The quantitative estimate of drug-likeness (QED) is 0.816. The van der Waals surface area contributed by atoms with Crippen LogP contribution in [0.4, 0.5) is 0 Å². The number of thiocarbonyl (C=S) groups is 1. The van der Waals surface area contributed by atoms with Crippen LogP contribution >= 0.6 is 24.0 Å². The molecule has 1 fully saturated rings. The van der Waals surface area contributed by atoms with Crippen LogP contribution in [0.25, 0.3) is 0 Å². The van der Waals surface area contributed by atoms with E-state index in [4.69, 9.17) is 18.0 Å². The summed E-state index contributed by atoms with van der Waals surface area (Å²) in [5.41, 5.74) is 6.93. The summed E-state index contributed by atoms with van der Waals surface area (Å²) in [6.07, 6.45) is 1.30. The Labute approximate surface area is 136 Å². The molecule has 116 valence electrons. The normalized spacial score (nSPS) is 21.9. The van der Waals surface area contributed by atoms with Crippen molar-refractivity contribution in [2.45, 2.75) is 11.3 Å². The Morgan fingerprint density at radius 1 is 1.48 bits per heavy atom. The zero-order valence-electron chi connectivity index (χ0n) is 11.9. The Balaban J connectivity index is 2.21. The standard InChI is InChI=1S/C14H20N2O2S3/c1-21(17,18)13-10-20-8-7-16(13)9-12(14(15)19)11-5-3-2-4-6-11/h2-6,12-13H,7-10H2,1H3,(H2,15,19). The van der Waals surface area contributed by atoms with Gasteiger partial charge in [0.2, 0.25) is 0 Å². The van der Waals surface area contributed by atoms with Gasteiger partial charge in [0.25, 0.3) is 0 Å². The van der Waals surface area contributed by atoms with Gasteiger partial charge in [-0.05, 0) is 5.56 Å². The molecule has 2 atom stereocenters. The molecule has 0 bridgehead atoms. The number of hydrogen-bond acceptors (Lipinski definition) is 5. The van der Waals surface area contributed by atoms with Crippen molar-refractivity contribution in [2.24, 2.45) is 5.73 Å². The lowest BCUT2D eigenvalue weighted by Crippen LogP contribution is -2.49. The number of rotatable bonds is 5. The van der Waals surface area contributed by atoms with E-state index >= 15 is 0 Å². The van der Waals surface area contributed by atoms with Crippen LogP contribution in [0, 0.1) is 0 Å². The van der Waals surface area contributed by atoms with E-state index in [1.807, 2.05) is 35.2 Å². The van der Waals surface area contributed by atoms with E-state index in [-0.39, 0.29) is 5.92 Å². The highest BCUT2D eigenvalue weighted by molar-refractivity contribution is 8.00. The third-order valence-corrected chi connectivity index (χ3v) is 6.62. The number of hydrogen-bond donors (Lipinski definition) is 1. The summed E-state index contributed by atoms with van der Waals surface area (Å²) >= 11 is 6.88. The molecule has 0 amide bonds. The highest BCUT2D eigenvalue weighted by Crippen LogP contribution is 2.25. The van der Waals surface area contributed by atoms with Gasteiger partial charge in [0.1, 0.15) is 5.37 Å². The maximum atomic E-state index is 12.0. The maximum absolute atomic E-state index is 12.0. The average molecular weight is 345 g/mol. The van der Waals surface area contributed by atoms with Gasteiger partial charge in [0, 0.05) is 36.8 Å². The molecule has 4 nitrogen and oxygen atoms in total. The SMILES string of the molecule is CS(=O)(=O)C1CSCCN1CC(C(N)=S)c1ccccc1. The van der Waals surface area contributed by atoms with Crippen molar-refractivity contribution >= 4 is 38.8 Å². The lowest BCUT2D eigenvalue weighted by molar-refractivity contribution is 0.268. The van der Waals surface area contributed by atoms with Crippen LogP contribution in [0.3, 0.4) is 0 Å². The van der Waals surface area contributed by atoms with E-state index in [1.54, 1.807) is 11.8 Å². The number of nitrogens with two attached hydrogens (primary N) is 1. The van der Waals surface area contributed by atoms with Crippen molar-refractivity contribution in [3.8, 4) is 0 Å². The van der Waals surface area contributed by atoms with Gasteiger partial charge >= 0.3 is 0 Å². The summed E-state index contributed by atoms with van der Waals surface area (Å²) in [4.78, 5) is 2.41.